The van der Waals surface area contributed by atoms with Gasteiger partial charge in [0.25, 0.3) is 0 Å². The number of aliphatic hydroxyl groups excluding tert-OH is 1. The first-order valence-corrected chi connectivity index (χ1v) is 6.21. The van der Waals surface area contributed by atoms with E-state index in [-0.39, 0.29) is 6.61 Å². The standard InChI is InChI=1S/C14H12OS/c15-8-7-10-5-6-12-11-3-1-2-4-13(11)16-14(12)9-10/h1-6,9,15H,7-8H2. The lowest BCUT2D eigenvalue weighted by Gasteiger charge is -1.97. The van der Waals surface area contributed by atoms with Crippen LogP contribution in [-0.4, -0.2) is 11.7 Å². The van der Waals surface area contributed by atoms with Crippen molar-refractivity contribution in [3.05, 3.63) is 48.0 Å². The van der Waals surface area contributed by atoms with E-state index in [9.17, 15) is 0 Å². The molecule has 0 aliphatic heterocycles. The minimum absolute atomic E-state index is 0.219. The molecular formula is C14H12OS. The Balaban J connectivity index is 2.28. The van der Waals surface area contributed by atoms with Crippen LogP contribution in [0.15, 0.2) is 42.5 Å². The van der Waals surface area contributed by atoms with E-state index in [0.717, 1.165) is 6.42 Å². The van der Waals surface area contributed by atoms with Crippen LogP contribution < -0.4 is 0 Å². The molecule has 1 N–H and O–H groups in total. The van der Waals surface area contributed by atoms with Gasteiger partial charge < -0.3 is 5.11 Å². The Bertz CT molecular complexity index is 639. The van der Waals surface area contributed by atoms with Crippen molar-refractivity contribution in [1.82, 2.24) is 0 Å². The second kappa shape index (κ2) is 3.89. The monoisotopic (exact) mass is 228 g/mol. The van der Waals surface area contributed by atoms with Gasteiger partial charge in [-0.05, 0) is 24.1 Å². The van der Waals surface area contributed by atoms with E-state index < -0.39 is 0 Å². The Kier molecular flexibility index (Phi) is 2.39. The van der Waals surface area contributed by atoms with E-state index in [2.05, 4.69) is 42.5 Å². The van der Waals surface area contributed by atoms with Crippen LogP contribution in [0, 0.1) is 0 Å². The molecule has 80 valence electrons. The Morgan fingerprint density at radius 3 is 2.62 bits per heavy atom. The number of fused-ring (bicyclic) bond motifs is 3. The van der Waals surface area contributed by atoms with Crippen LogP contribution in [0.1, 0.15) is 5.56 Å². The van der Waals surface area contributed by atoms with Crippen molar-refractivity contribution in [3.63, 3.8) is 0 Å². The average Bonchev–Trinajstić information content (AvgIpc) is 2.67. The topological polar surface area (TPSA) is 20.2 Å². The molecule has 0 bridgehead atoms. The minimum Gasteiger partial charge on any atom is -0.396 e. The van der Waals surface area contributed by atoms with Crippen molar-refractivity contribution < 1.29 is 5.11 Å². The molecule has 0 fully saturated rings. The van der Waals surface area contributed by atoms with Crippen LogP contribution >= 0.6 is 11.3 Å². The number of hydrogen-bond acceptors (Lipinski definition) is 2. The number of thiophene rings is 1. The Hall–Kier alpha value is -1.38. The van der Waals surface area contributed by atoms with Crippen molar-refractivity contribution in [2.45, 2.75) is 6.42 Å². The fourth-order valence-corrected chi connectivity index (χ4v) is 3.22. The number of benzene rings is 2. The summed E-state index contributed by atoms with van der Waals surface area (Å²) in [6.45, 7) is 0.219. The molecule has 3 aromatic rings. The minimum atomic E-state index is 0.219. The van der Waals surface area contributed by atoms with Crippen molar-refractivity contribution in [2.24, 2.45) is 0 Å². The van der Waals surface area contributed by atoms with Gasteiger partial charge in [0, 0.05) is 26.8 Å². The smallest absolute Gasteiger partial charge is 0.0471 e. The molecule has 2 heteroatoms. The maximum absolute atomic E-state index is 8.93. The fraction of sp³-hybridized carbons (Fsp3) is 0.143. The predicted octanol–water partition coefficient (Wildman–Crippen LogP) is 3.59. The second-order valence-corrected chi connectivity index (χ2v) is 4.99. The first-order valence-electron chi connectivity index (χ1n) is 5.39. The molecule has 2 aromatic carbocycles. The maximum atomic E-state index is 8.93. The highest BCUT2D eigenvalue weighted by Crippen LogP contribution is 2.33. The quantitative estimate of drug-likeness (QED) is 0.710. The molecule has 1 heterocycles. The van der Waals surface area contributed by atoms with Crippen LogP contribution in [0.4, 0.5) is 0 Å². The molecule has 16 heavy (non-hydrogen) atoms. The molecule has 0 saturated carbocycles. The van der Waals surface area contributed by atoms with E-state index in [0.29, 0.717) is 0 Å². The van der Waals surface area contributed by atoms with Crippen LogP contribution in [0.25, 0.3) is 20.2 Å². The highest BCUT2D eigenvalue weighted by atomic mass is 32.1. The molecule has 0 radical (unpaired) electrons. The summed E-state index contributed by atoms with van der Waals surface area (Å²) >= 11 is 1.82. The van der Waals surface area contributed by atoms with Crippen LogP contribution in [-0.2, 0) is 6.42 Å². The van der Waals surface area contributed by atoms with Gasteiger partial charge in [0.05, 0.1) is 0 Å². The SMILES string of the molecule is OCCc1ccc2c(c1)sc1ccccc12. The third-order valence-corrected chi connectivity index (χ3v) is 3.98. The zero-order chi connectivity index (χ0) is 11.0. The van der Waals surface area contributed by atoms with Crippen LogP contribution in [0.5, 0.6) is 0 Å². The number of hydrogen-bond donors (Lipinski definition) is 1. The lowest BCUT2D eigenvalue weighted by Crippen LogP contribution is -1.88. The maximum Gasteiger partial charge on any atom is 0.0471 e. The van der Waals surface area contributed by atoms with Crippen molar-refractivity contribution in [3.8, 4) is 0 Å². The largest absolute Gasteiger partial charge is 0.396 e. The molecule has 1 aromatic heterocycles. The van der Waals surface area contributed by atoms with Gasteiger partial charge in [0.15, 0.2) is 0 Å². The Morgan fingerprint density at radius 2 is 1.75 bits per heavy atom. The molecule has 0 aliphatic rings. The van der Waals surface area contributed by atoms with Gasteiger partial charge >= 0.3 is 0 Å². The lowest BCUT2D eigenvalue weighted by atomic mass is 10.1. The van der Waals surface area contributed by atoms with Crippen LogP contribution in [0.2, 0.25) is 0 Å². The van der Waals surface area contributed by atoms with E-state index in [1.54, 1.807) is 0 Å². The van der Waals surface area contributed by atoms with E-state index in [1.165, 1.54) is 25.7 Å². The van der Waals surface area contributed by atoms with Crippen molar-refractivity contribution in [2.75, 3.05) is 6.61 Å². The summed E-state index contributed by atoms with van der Waals surface area (Å²) in [6.07, 6.45) is 0.740. The first kappa shape index (κ1) is 9.82. The molecule has 3 rings (SSSR count). The first-order chi connectivity index (χ1) is 7.88. The van der Waals surface area contributed by atoms with Crippen molar-refractivity contribution in [1.29, 1.82) is 0 Å². The summed E-state index contributed by atoms with van der Waals surface area (Å²) in [5.41, 5.74) is 1.21. The van der Waals surface area contributed by atoms with Gasteiger partial charge in [-0.3, -0.25) is 0 Å². The molecule has 1 nitrogen and oxygen atoms in total. The van der Waals surface area contributed by atoms with E-state index in [4.69, 9.17) is 5.11 Å². The van der Waals surface area contributed by atoms with Gasteiger partial charge in [-0.15, -0.1) is 11.3 Å². The third-order valence-electron chi connectivity index (χ3n) is 2.84. The van der Waals surface area contributed by atoms with Gasteiger partial charge in [-0.2, -0.15) is 0 Å². The third kappa shape index (κ3) is 1.51. The summed E-state index contributed by atoms with van der Waals surface area (Å²) in [6, 6.07) is 14.9. The van der Waals surface area contributed by atoms with Crippen molar-refractivity contribution >= 4 is 31.5 Å². The molecule has 0 amide bonds. The molecule has 0 aliphatic carbocycles. The summed E-state index contributed by atoms with van der Waals surface area (Å²) in [5, 5.41) is 11.6. The summed E-state index contributed by atoms with van der Waals surface area (Å²) in [4.78, 5) is 0. The number of aliphatic hydroxyl groups is 1. The molecular weight excluding hydrogens is 216 g/mol. The second-order valence-electron chi connectivity index (χ2n) is 3.90. The fourth-order valence-electron chi connectivity index (χ4n) is 2.05. The normalized spacial score (nSPS) is 11.3. The Labute approximate surface area is 98.0 Å². The van der Waals surface area contributed by atoms with Gasteiger partial charge in [-0.25, -0.2) is 0 Å². The average molecular weight is 228 g/mol. The Morgan fingerprint density at radius 1 is 0.938 bits per heavy atom. The zero-order valence-corrected chi connectivity index (χ0v) is 9.63. The number of rotatable bonds is 2. The molecule has 0 spiro atoms. The van der Waals surface area contributed by atoms with Crippen LogP contribution in [0.3, 0.4) is 0 Å². The van der Waals surface area contributed by atoms with E-state index in [1.807, 2.05) is 11.3 Å². The van der Waals surface area contributed by atoms with E-state index >= 15 is 0 Å². The van der Waals surface area contributed by atoms with Gasteiger partial charge in [-0.1, -0.05) is 30.3 Å². The van der Waals surface area contributed by atoms with Gasteiger partial charge in [0.2, 0.25) is 0 Å². The zero-order valence-electron chi connectivity index (χ0n) is 8.81. The molecule has 0 unspecified atom stereocenters. The predicted molar refractivity (Wildman–Crippen MR) is 70.1 cm³/mol. The highest BCUT2D eigenvalue weighted by Gasteiger charge is 2.04. The summed E-state index contributed by atoms with van der Waals surface area (Å²) in [5.74, 6) is 0. The van der Waals surface area contributed by atoms with Gasteiger partial charge in [0.1, 0.15) is 0 Å². The lowest BCUT2D eigenvalue weighted by molar-refractivity contribution is 0.299. The summed E-state index contributed by atoms with van der Waals surface area (Å²) in [7, 11) is 0. The molecule has 0 saturated heterocycles. The summed E-state index contributed by atoms with van der Waals surface area (Å²) < 4.78 is 2.64. The highest BCUT2D eigenvalue weighted by molar-refractivity contribution is 7.25. The molecule has 0 atom stereocenters.